The van der Waals surface area contributed by atoms with E-state index in [0.717, 1.165) is 12.0 Å². The van der Waals surface area contributed by atoms with Gasteiger partial charge in [0.25, 0.3) is 5.91 Å². The Kier molecular flexibility index (Phi) is 6.27. The number of ether oxygens (including phenoxy) is 1. The molecule has 0 fully saturated rings. The highest BCUT2D eigenvalue weighted by atomic mass is 16.5. The van der Waals surface area contributed by atoms with Gasteiger partial charge in [-0.2, -0.15) is 0 Å². The van der Waals surface area contributed by atoms with E-state index in [4.69, 9.17) is 9.15 Å². The smallest absolute Gasteiger partial charge is 0.361 e. The fourth-order valence-electron chi connectivity index (χ4n) is 1.93. The van der Waals surface area contributed by atoms with Crippen molar-refractivity contribution in [2.45, 2.75) is 20.3 Å². The first-order chi connectivity index (χ1) is 12.0. The van der Waals surface area contributed by atoms with E-state index in [1.807, 2.05) is 25.1 Å². The van der Waals surface area contributed by atoms with Gasteiger partial charge in [-0.15, -0.1) is 0 Å². The lowest BCUT2D eigenvalue weighted by Crippen LogP contribution is -2.41. The summed E-state index contributed by atoms with van der Waals surface area (Å²) in [5.41, 5.74) is 0.706. The standard InChI is InChI=1S/C17H19N3O5/c1-3-9-18-17(23)19-13(21)10-24-16(22)14-11(2)25-15(20-14)12-7-5-4-6-8-12/h4-8H,3,9-10H2,1-2H3,(H2,18,19,21,23). The molecule has 0 atom stereocenters. The largest absolute Gasteiger partial charge is 0.451 e. The first-order valence-corrected chi connectivity index (χ1v) is 7.79. The molecule has 0 unspecified atom stereocenters. The Hall–Kier alpha value is -3.16. The average Bonchev–Trinajstić information content (AvgIpc) is 3.00. The predicted octanol–water partition coefficient (Wildman–Crippen LogP) is 2.04. The van der Waals surface area contributed by atoms with Crippen LogP contribution in [0.25, 0.3) is 11.5 Å². The summed E-state index contributed by atoms with van der Waals surface area (Å²) >= 11 is 0. The van der Waals surface area contributed by atoms with E-state index in [0.29, 0.717) is 6.54 Å². The SMILES string of the molecule is CCCNC(=O)NC(=O)COC(=O)c1nc(-c2ccccc2)oc1C. The Labute approximate surface area is 144 Å². The highest BCUT2D eigenvalue weighted by Crippen LogP contribution is 2.21. The Morgan fingerprint density at radius 3 is 2.60 bits per heavy atom. The highest BCUT2D eigenvalue weighted by molar-refractivity contribution is 5.96. The number of esters is 1. The number of nitrogens with zero attached hydrogens (tertiary/aromatic N) is 1. The molecule has 0 saturated carbocycles. The quantitative estimate of drug-likeness (QED) is 0.775. The third-order valence-electron chi connectivity index (χ3n) is 3.13. The third-order valence-corrected chi connectivity index (χ3v) is 3.13. The first kappa shape index (κ1) is 18.2. The number of hydrogen-bond acceptors (Lipinski definition) is 6. The monoisotopic (exact) mass is 345 g/mol. The highest BCUT2D eigenvalue weighted by Gasteiger charge is 2.20. The minimum Gasteiger partial charge on any atom is -0.451 e. The van der Waals surface area contributed by atoms with Crippen molar-refractivity contribution in [3.05, 3.63) is 41.8 Å². The zero-order valence-electron chi connectivity index (χ0n) is 14.0. The zero-order valence-corrected chi connectivity index (χ0v) is 14.0. The normalized spacial score (nSPS) is 10.2. The fraction of sp³-hybridized carbons (Fsp3) is 0.294. The molecule has 0 radical (unpaired) electrons. The van der Waals surface area contributed by atoms with E-state index >= 15 is 0 Å². The van der Waals surface area contributed by atoms with Gasteiger partial charge in [-0.3, -0.25) is 10.1 Å². The van der Waals surface area contributed by atoms with Gasteiger partial charge >= 0.3 is 12.0 Å². The summed E-state index contributed by atoms with van der Waals surface area (Å²) in [6.45, 7) is 3.31. The third kappa shape index (κ3) is 5.17. The molecular formula is C17H19N3O5. The van der Waals surface area contributed by atoms with Crippen molar-refractivity contribution in [1.82, 2.24) is 15.6 Å². The van der Waals surface area contributed by atoms with Crippen LogP contribution in [0.2, 0.25) is 0 Å². The van der Waals surface area contributed by atoms with Crippen molar-refractivity contribution in [2.75, 3.05) is 13.2 Å². The van der Waals surface area contributed by atoms with Crippen LogP contribution in [0.5, 0.6) is 0 Å². The number of carbonyl (C=O) groups excluding carboxylic acids is 3. The molecule has 1 heterocycles. The van der Waals surface area contributed by atoms with Crippen molar-refractivity contribution in [3.63, 3.8) is 0 Å². The van der Waals surface area contributed by atoms with Crippen LogP contribution >= 0.6 is 0 Å². The molecule has 2 N–H and O–H groups in total. The number of aromatic nitrogens is 1. The summed E-state index contributed by atoms with van der Waals surface area (Å²) in [7, 11) is 0. The molecule has 3 amide bonds. The molecule has 0 aliphatic rings. The second-order valence-electron chi connectivity index (χ2n) is 5.17. The maximum absolute atomic E-state index is 12.0. The van der Waals surface area contributed by atoms with Gasteiger partial charge in [0.1, 0.15) is 5.76 Å². The number of oxazole rings is 1. The molecule has 0 saturated heterocycles. The maximum atomic E-state index is 12.0. The molecule has 1 aromatic carbocycles. The van der Waals surface area contributed by atoms with Gasteiger partial charge in [-0.25, -0.2) is 14.6 Å². The molecule has 2 aromatic rings. The molecule has 0 bridgehead atoms. The summed E-state index contributed by atoms with van der Waals surface area (Å²) in [6, 6.07) is 8.45. The van der Waals surface area contributed by atoms with E-state index < -0.39 is 24.5 Å². The number of hydrogen-bond donors (Lipinski definition) is 2. The Morgan fingerprint density at radius 1 is 1.20 bits per heavy atom. The van der Waals surface area contributed by atoms with Gasteiger partial charge in [-0.1, -0.05) is 25.1 Å². The second kappa shape index (κ2) is 8.62. The van der Waals surface area contributed by atoms with Crippen molar-refractivity contribution < 1.29 is 23.5 Å². The molecule has 0 spiro atoms. The number of rotatable bonds is 6. The Balaban J connectivity index is 1.92. The van der Waals surface area contributed by atoms with Gasteiger partial charge in [-0.05, 0) is 25.5 Å². The van der Waals surface area contributed by atoms with Gasteiger partial charge in [0.05, 0.1) is 0 Å². The van der Waals surface area contributed by atoms with Crippen LogP contribution in [0.1, 0.15) is 29.6 Å². The second-order valence-corrected chi connectivity index (χ2v) is 5.17. The van der Waals surface area contributed by atoms with Crippen molar-refractivity contribution >= 4 is 17.9 Å². The molecule has 8 nitrogen and oxygen atoms in total. The number of aryl methyl sites for hydroxylation is 1. The lowest BCUT2D eigenvalue weighted by Gasteiger charge is -2.05. The van der Waals surface area contributed by atoms with Crippen molar-refractivity contribution in [2.24, 2.45) is 0 Å². The Morgan fingerprint density at radius 2 is 1.92 bits per heavy atom. The fourth-order valence-corrected chi connectivity index (χ4v) is 1.93. The van der Waals surface area contributed by atoms with Gasteiger partial charge in [0.2, 0.25) is 5.89 Å². The average molecular weight is 345 g/mol. The molecule has 8 heteroatoms. The van der Waals surface area contributed by atoms with Crippen LogP contribution in [0.4, 0.5) is 4.79 Å². The molecule has 1 aromatic heterocycles. The summed E-state index contributed by atoms with van der Waals surface area (Å²) in [5.74, 6) is -0.961. The molecule has 25 heavy (non-hydrogen) atoms. The number of amides is 3. The lowest BCUT2D eigenvalue weighted by molar-refractivity contribution is -0.123. The maximum Gasteiger partial charge on any atom is 0.361 e. The van der Waals surface area contributed by atoms with Crippen LogP contribution in [0, 0.1) is 6.92 Å². The molecule has 2 rings (SSSR count). The van der Waals surface area contributed by atoms with Crippen LogP contribution in [0.3, 0.4) is 0 Å². The number of nitrogens with one attached hydrogen (secondary N) is 2. The number of urea groups is 1. The minimum atomic E-state index is -0.799. The lowest BCUT2D eigenvalue weighted by atomic mass is 10.2. The topological polar surface area (TPSA) is 111 Å². The summed E-state index contributed by atoms with van der Waals surface area (Å²) in [6.07, 6.45) is 0.742. The number of imide groups is 1. The van der Waals surface area contributed by atoms with Crippen LogP contribution in [0.15, 0.2) is 34.7 Å². The van der Waals surface area contributed by atoms with Gasteiger partial charge in [0, 0.05) is 12.1 Å². The summed E-state index contributed by atoms with van der Waals surface area (Å²) in [5, 5.41) is 4.53. The van der Waals surface area contributed by atoms with Crippen LogP contribution < -0.4 is 10.6 Å². The van der Waals surface area contributed by atoms with Crippen molar-refractivity contribution in [1.29, 1.82) is 0 Å². The minimum absolute atomic E-state index is 0.0120. The zero-order chi connectivity index (χ0) is 18.2. The van der Waals surface area contributed by atoms with E-state index in [-0.39, 0.29) is 17.3 Å². The van der Waals surface area contributed by atoms with Crippen LogP contribution in [-0.4, -0.2) is 36.0 Å². The molecule has 132 valence electrons. The Bertz CT molecular complexity index is 755. The number of carbonyl (C=O) groups is 3. The van der Waals surface area contributed by atoms with Crippen molar-refractivity contribution in [3.8, 4) is 11.5 Å². The summed E-state index contributed by atoms with van der Waals surface area (Å²) in [4.78, 5) is 39.1. The van der Waals surface area contributed by atoms with Gasteiger partial charge < -0.3 is 14.5 Å². The number of benzene rings is 1. The summed E-state index contributed by atoms with van der Waals surface area (Å²) < 4.78 is 10.3. The first-order valence-electron chi connectivity index (χ1n) is 7.79. The predicted molar refractivity (Wildman–Crippen MR) is 88.8 cm³/mol. The van der Waals surface area contributed by atoms with E-state index in [1.165, 1.54) is 0 Å². The van der Waals surface area contributed by atoms with E-state index in [9.17, 15) is 14.4 Å². The van der Waals surface area contributed by atoms with E-state index in [1.54, 1.807) is 19.1 Å². The molecule has 0 aliphatic carbocycles. The van der Waals surface area contributed by atoms with Crippen LogP contribution in [-0.2, 0) is 9.53 Å². The van der Waals surface area contributed by atoms with Gasteiger partial charge in [0.15, 0.2) is 12.3 Å². The van der Waals surface area contributed by atoms with E-state index in [2.05, 4.69) is 15.6 Å². The molecule has 0 aliphatic heterocycles. The molecular weight excluding hydrogens is 326 g/mol.